The third kappa shape index (κ3) is 5.21. The highest BCUT2D eigenvalue weighted by molar-refractivity contribution is 7.99. The number of thioether (sulfide) groups is 1. The van der Waals surface area contributed by atoms with Crippen LogP contribution in [0.25, 0.3) is 0 Å². The molecule has 1 aromatic rings. The van der Waals surface area contributed by atoms with Crippen LogP contribution in [0.15, 0.2) is 16.5 Å². The van der Waals surface area contributed by atoms with Crippen molar-refractivity contribution in [1.82, 2.24) is 10.2 Å². The van der Waals surface area contributed by atoms with Gasteiger partial charge in [-0.3, -0.25) is 4.90 Å². The molecule has 1 N–H and O–H groups in total. The van der Waals surface area contributed by atoms with Gasteiger partial charge in [-0.25, -0.2) is 0 Å². The van der Waals surface area contributed by atoms with Crippen LogP contribution >= 0.6 is 11.8 Å². The van der Waals surface area contributed by atoms with E-state index in [2.05, 4.69) is 54.9 Å². The maximum Gasteiger partial charge on any atom is 0.118 e. The average molecular weight is 282 g/mol. The number of hydrogen-bond donors (Lipinski definition) is 1. The van der Waals surface area contributed by atoms with Gasteiger partial charge < -0.3 is 9.73 Å². The van der Waals surface area contributed by atoms with Crippen LogP contribution < -0.4 is 5.32 Å². The molecule has 1 aromatic heterocycles. The van der Waals surface area contributed by atoms with Gasteiger partial charge in [-0.15, -0.1) is 0 Å². The van der Waals surface area contributed by atoms with E-state index in [1.165, 1.54) is 18.8 Å². The molecule has 2 heterocycles. The molecule has 0 radical (unpaired) electrons. The number of rotatable bonds is 6. The van der Waals surface area contributed by atoms with Gasteiger partial charge in [0.15, 0.2) is 0 Å². The molecule has 3 nitrogen and oxygen atoms in total. The SMILES string of the molecule is CC(C)CNCc1ccc(CN2CCSC(C)C2)o1. The Kier molecular flexibility index (Phi) is 5.79. The van der Waals surface area contributed by atoms with E-state index in [0.29, 0.717) is 5.92 Å². The van der Waals surface area contributed by atoms with Crippen molar-refractivity contribution in [3.05, 3.63) is 23.7 Å². The molecule has 1 aliphatic rings. The molecule has 1 saturated heterocycles. The van der Waals surface area contributed by atoms with Crippen molar-refractivity contribution in [3.8, 4) is 0 Å². The predicted molar refractivity (Wildman–Crippen MR) is 82.4 cm³/mol. The van der Waals surface area contributed by atoms with Gasteiger partial charge in [0.25, 0.3) is 0 Å². The van der Waals surface area contributed by atoms with E-state index >= 15 is 0 Å². The molecule has 0 bridgehead atoms. The second-order valence-corrected chi connectivity index (χ2v) is 7.36. The molecule has 0 spiro atoms. The number of hydrogen-bond acceptors (Lipinski definition) is 4. The summed E-state index contributed by atoms with van der Waals surface area (Å²) in [6.07, 6.45) is 0. The largest absolute Gasteiger partial charge is 0.463 e. The van der Waals surface area contributed by atoms with Gasteiger partial charge in [0.1, 0.15) is 11.5 Å². The molecular weight excluding hydrogens is 256 g/mol. The lowest BCUT2D eigenvalue weighted by atomic mass is 10.2. The van der Waals surface area contributed by atoms with Gasteiger partial charge in [0.05, 0.1) is 13.1 Å². The number of nitrogens with zero attached hydrogens (tertiary/aromatic N) is 1. The smallest absolute Gasteiger partial charge is 0.118 e. The average Bonchev–Trinajstić information content (AvgIpc) is 2.76. The molecule has 1 unspecified atom stereocenters. The Balaban J connectivity index is 1.77. The molecule has 0 aliphatic carbocycles. The standard InChI is InChI=1S/C15H26N2OS/c1-12(2)8-16-9-14-4-5-15(18-14)11-17-6-7-19-13(3)10-17/h4-5,12-13,16H,6-11H2,1-3H3. The van der Waals surface area contributed by atoms with Crippen molar-refractivity contribution >= 4 is 11.8 Å². The summed E-state index contributed by atoms with van der Waals surface area (Å²) in [5.41, 5.74) is 0. The van der Waals surface area contributed by atoms with E-state index in [1.54, 1.807) is 0 Å². The highest BCUT2D eigenvalue weighted by Crippen LogP contribution is 2.20. The first-order chi connectivity index (χ1) is 9.13. The highest BCUT2D eigenvalue weighted by Gasteiger charge is 2.17. The summed E-state index contributed by atoms with van der Waals surface area (Å²) in [5, 5.41) is 4.16. The summed E-state index contributed by atoms with van der Waals surface area (Å²) in [7, 11) is 0. The quantitative estimate of drug-likeness (QED) is 0.868. The van der Waals surface area contributed by atoms with Crippen molar-refractivity contribution in [3.63, 3.8) is 0 Å². The summed E-state index contributed by atoms with van der Waals surface area (Å²) in [6, 6.07) is 4.23. The zero-order chi connectivity index (χ0) is 13.7. The Morgan fingerprint density at radius 3 is 2.95 bits per heavy atom. The summed E-state index contributed by atoms with van der Waals surface area (Å²) in [6.45, 7) is 11.9. The van der Waals surface area contributed by atoms with E-state index in [-0.39, 0.29) is 0 Å². The van der Waals surface area contributed by atoms with Crippen LogP contribution in [0, 0.1) is 5.92 Å². The summed E-state index contributed by atoms with van der Waals surface area (Å²) < 4.78 is 5.89. The molecule has 0 amide bonds. The first-order valence-corrected chi connectivity index (χ1v) is 8.30. The van der Waals surface area contributed by atoms with E-state index in [1.807, 2.05) is 0 Å². The predicted octanol–water partition coefficient (Wildman–Crippen LogP) is 2.96. The third-order valence-electron chi connectivity index (χ3n) is 3.27. The summed E-state index contributed by atoms with van der Waals surface area (Å²) in [5.74, 6) is 4.07. The van der Waals surface area contributed by atoms with Crippen LogP contribution in [0.3, 0.4) is 0 Å². The fraction of sp³-hybridized carbons (Fsp3) is 0.733. The zero-order valence-electron chi connectivity index (χ0n) is 12.3. The van der Waals surface area contributed by atoms with E-state index < -0.39 is 0 Å². The van der Waals surface area contributed by atoms with Crippen LogP contribution in [0.2, 0.25) is 0 Å². The van der Waals surface area contributed by atoms with Crippen LogP contribution in [0.1, 0.15) is 32.3 Å². The fourth-order valence-electron chi connectivity index (χ4n) is 2.34. The molecule has 108 valence electrons. The molecular formula is C15H26N2OS. The normalized spacial score (nSPS) is 21.2. The molecule has 2 rings (SSSR count). The van der Waals surface area contributed by atoms with Gasteiger partial charge in [-0.05, 0) is 24.6 Å². The van der Waals surface area contributed by atoms with Gasteiger partial charge in [0.2, 0.25) is 0 Å². The van der Waals surface area contributed by atoms with E-state index in [9.17, 15) is 0 Å². The van der Waals surface area contributed by atoms with Crippen molar-refractivity contribution in [2.75, 3.05) is 25.4 Å². The van der Waals surface area contributed by atoms with Gasteiger partial charge in [-0.1, -0.05) is 20.8 Å². The number of furan rings is 1. The maximum atomic E-state index is 5.89. The van der Waals surface area contributed by atoms with Crippen molar-refractivity contribution < 1.29 is 4.42 Å². The van der Waals surface area contributed by atoms with Crippen LogP contribution in [-0.4, -0.2) is 35.5 Å². The second-order valence-electron chi connectivity index (χ2n) is 5.81. The van der Waals surface area contributed by atoms with Gasteiger partial charge in [-0.2, -0.15) is 11.8 Å². The Morgan fingerprint density at radius 2 is 2.21 bits per heavy atom. The van der Waals surface area contributed by atoms with Gasteiger partial charge >= 0.3 is 0 Å². The minimum absolute atomic E-state index is 0.682. The Labute approximate surface area is 121 Å². The van der Waals surface area contributed by atoms with Crippen molar-refractivity contribution in [2.24, 2.45) is 5.92 Å². The molecule has 4 heteroatoms. The van der Waals surface area contributed by atoms with E-state index in [0.717, 1.165) is 36.4 Å². The topological polar surface area (TPSA) is 28.4 Å². The summed E-state index contributed by atoms with van der Waals surface area (Å²) >= 11 is 2.07. The highest BCUT2D eigenvalue weighted by atomic mass is 32.2. The van der Waals surface area contributed by atoms with Crippen LogP contribution in [0.5, 0.6) is 0 Å². The van der Waals surface area contributed by atoms with Crippen LogP contribution in [0.4, 0.5) is 0 Å². The molecule has 0 aromatic carbocycles. The zero-order valence-corrected chi connectivity index (χ0v) is 13.1. The van der Waals surface area contributed by atoms with E-state index in [4.69, 9.17) is 4.42 Å². The molecule has 1 aliphatic heterocycles. The van der Waals surface area contributed by atoms with Crippen LogP contribution in [-0.2, 0) is 13.1 Å². The molecule has 19 heavy (non-hydrogen) atoms. The Morgan fingerprint density at radius 1 is 1.42 bits per heavy atom. The maximum absolute atomic E-state index is 5.89. The Bertz CT molecular complexity index is 378. The lowest BCUT2D eigenvalue weighted by molar-refractivity contribution is 0.251. The Hall–Kier alpha value is -0.450. The minimum atomic E-state index is 0.682. The molecule has 1 atom stereocenters. The monoisotopic (exact) mass is 282 g/mol. The first kappa shape index (κ1) is 14.9. The lowest BCUT2D eigenvalue weighted by Crippen LogP contribution is -2.35. The van der Waals surface area contributed by atoms with Crippen molar-refractivity contribution in [1.29, 1.82) is 0 Å². The minimum Gasteiger partial charge on any atom is -0.463 e. The fourth-order valence-corrected chi connectivity index (χ4v) is 3.42. The van der Waals surface area contributed by atoms with Crippen molar-refractivity contribution in [2.45, 2.75) is 39.1 Å². The third-order valence-corrected chi connectivity index (χ3v) is 4.41. The lowest BCUT2D eigenvalue weighted by Gasteiger charge is -2.29. The number of nitrogens with one attached hydrogen (secondary N) is 1. The summed E-state index contributed by atoms with van der Waals surface area (Å²) in [4.78, 5) is 2.49. The molecule has 0 saturated carbocycles. The second kappa shape index (κ2) is 7.36. The molecule has 1 fully saturated rings. The first-order valence-electron chi connectivity index (χ1n) is 7.25. The van der Waals surface area contributed by atoms with Gasteiger partial charge in [0, 0.05) is 24.1 Å².